The molecule has 1 aliphatic rings. The summed E-state index contributed by atoms with van der Waals surface area (Å²) in [6.45, 7) is 3.60. The standard InChI is InChI=1S/C16H26BrN3O/c1-3-10-18-16-14(17)13(11-21-2)19-15(20-16)12-8-6-4-5-7-9-12/h12H,3-11H2,1-2H3,(H,18,19,20). The van der Waals surface area contributed by atoms with E-state index in [2.05, 4.69) is 28.2 Å². The molecule has 1 saturated carbocycles. The Morgan fingerprint density at radius 1 is 1.19 bits per heavy atom. The fourth-order valence-electron chi connectivity index (χ4n) is 2.83. The van der Waals surface area contributed by atoms with E-state index < -0.39 is 0 Å². The van der Waals surface area contributed by atoms with Crippen LogP contribution >= 0.6 is 15.9 Å². The molecule has 2 rings (SSSR count). The molecule has 0 amide bonds. The van der Waals surface area contributed by atoms with Crippen LogP contribution in [0.4, 0.5) is 5.82 Å². The minimum Gasteiger partial charge on any atom is -0.378 e. The van der Waals surface area contributed by atoms with Crippen LogP contribution in [0.25, 0.3) is 0 Å². The van der Waals surface area contributed by atoms with Gasteiger partial charge in [-0.2, -0.15) is 0 Å². The first-order chi connectivity index (χ1) is 10.3. The molecule has 0 bridgehead atoms. The van der Waals surface area contributed by atoms with Crippen molar-refractivity contribution in [3.8, 4) is 0 Å². The molecule has 0 aliphatic heterocycles. The molecule has 4 nitrogen and oxygen atoms in total. The molecule has 0 radical (unpaired) electrons. The molecule has 118 valence electrons. The Morgan fingerprint density at radius 3 is 2.52 bits per heavy atom. The number of hydrogen-bond donors (Lipinski definition) is 1. The topological polar surface area (TPSA) is 47.0 Å². The summed E-state index contributed by atoms with van der Waals surface area (Å²) in [5, 5.41) is 3.40. The van der Waals surface area contributed by atoms with Gasteiger partial charge in [0.15, 0.2) is 0 Å². The Labute approximate surface area is 136 Å². The second-order valence-electron chi connectivity index (χ2n) is 5.74. The van der Waals surface area contributed by atoms with Crippen LogP contribution in [0.5, 0.6) is 0 Å². The average Bonchev–Trinajstić information content (AvgIpc) is 2.77. The monoisotopic (exact) mass is 355 g/mol. The van der Waals surface area contributed by atoms with Gasteiger partial charge >= 0.3 is 0 Å². The zero-order valence-corrected chi connectivity index (χ0v) is 14.7. The van der Waals surface area contributed by atoms with Crippen molar-refractivity contribution < 1.29 is 4.74 Å². The van der Waals surface area contributed by atoms with E-state index in [9.17, 15) is 0 Å². The summed E-state index contributed by atoms with van der Waals surface area (Å²) in [6.07, 6.45) is 8.78. The molecular formula is C16H26BrN3O. The van der Waals surface area contributed by atoms with Crippen molar-refractivity contribution in [2.75, 3.05) is 19.0 Å². The van der Waals surface area contributed by atoms with Crippen LogP contribution in [0, 0.1) is 0 Å². The van der Waals surface area contributed by atoms with Crippen LogP contribution in [0.15, 0.2) is 4.47 Å². The van der Waals surface area contributed by atoms with Gasteiger partial charge in [-0.25, -0.2) is 9.97 Å². The fraction of sp³-hybridized carbons (Fsp3) is 0.750. The molecule has 1 aromatic rings. The van der Waals surface area contributed by atoms with Crippen molar-refractivity contribution >= 4 is 21.7 Å². The summed E-state index contributed by atoms with van der Waals surface area (Å²) >= 11 is 3.62. The minimum absolute atomic E-state index is 0.499. The highest BCUT2D eigenvalue weighted by Gasteiger charge is 2.20. The highest BCUT2D eigenvalue weighted by atomic mass is 79.9. The summed E-state index contributed by atoms with van der Waals surface area (Å²) in [4.78, 5) is 9.57. The summed E-state index contributed by atoms with van der Waals surface area (Å²) in [5.41, 5.74) is 0.949. The van der Waals surface area contributed by atoms with Crippen molar-refractivity contribution in [1.29, 1.82) is 0 Å². The van der Waals surface area contributed by atoms with Crippen LogP contribution in [0.3, 0.4) is 0 Å². The first-order valence-corrected chi connectivity index (χ1v) is 8.84. The van der Waals surface area contributed by atoms with Gasteiger partial charge in [0.05, 0.1) is 16.8 Å². The van der Waals surface area contributed by atoms with Crippen molar-refractivity contribution in [2.24, 2.45) is 0 Å². The Hall–Kier alpha value is -0.680. The van der Waals surface area contributed by atoms with Gasteiger partial charge in [0.2, 0.25) is 0 Å². The lowest BCUT2D eigenvalue weighted by Crippen LogP contribution is -2.12. The van der Waals surface area contributed by atoms with Crippen LogP contribution in [0.2, 0.25) is 0 Å². The normalized spacial score (nSPS) is 16.7. The first kappa shape index (κ1) is 16.7. The summed E-state index contributed by atoms with van der Waals surface area (Å²) in [5.74, 6) is 2.40. The zero-order chi connectivity index (χ0) is 15.1. The third kappa shape index (κ3) is 4.65. The largest absolute Gasteiger partial charge is 0.378 e. The summed E-state index contributed by atoms with van der Waals surface area (Å²) in [6, 6.07) is 0. The lowest BCUT2D eigenvalue weighted by molar-refractivity contribution is 0.180. The van der Waals surface area contributed by atoms with Gasteiger partial charge in [-0.1, -0.05) is 32.6 Å². The molecule has 0 unspecified atom stereocenters. The van der Waals surface area contributed by atoms with Gasteiger partial charge in [0.1, 0.15) is 11.6 Å². The van der Waals surface area contributed by atoms with Gasteiger partial charge in [-0.05, 0) is 35.2 Å². The number of hydrogen-bond acceptors (Lipinski definition) is 4. The molecular weight excluding hydrogens is 330 g/mol. The third-order valence-electron chi connectivity index (χ3n) is 3.98. The molecule has 1 aliphatic carbocycles. The summed E-state index contributed by atoms with van der Waals surface area (Å²) < 4.78 is 6.23. The number of aromatic nitrogens is 2. The van der Waals surface area contributed by atoms with E-state index in [0.717, 1.165) is 34.8 Å². The van der Waals surface area contributed by atoms with E-state index in [0.29, 0.717) is 12.5 Å². The van der Waals surface area contributed by atoms with Gasteiger partial charge in [0, 0.05) is 19.6 Å². The maximum Gasteiger partial charge on any atom is 0.144 e. The van der Waals surface area contributed by atoms with Crippen LogP contribution < -0.4 is 5.32 Å². The second kappa shape index (κ2) is 8.69. The van der Waals surface area contributed by atoms with Crippen LogP contribution in [-0.4, -0.2) is 23.6 Å². The SMILES string of the molecule is CCCNc1nc(C2CCCCCC2)nc(COC)c1Br. The van der Waals surface area contributed by atoms with Gasteiger partial charge in [-0.15, -0.1) is 0 Å². The Morgan fingerprint density at radius 2 is 1.90 bits per heavy atom. The van der Waals surface area contributed by atoms with E-state index in [4.69, 9.17) is 14.7 Å². The maximum atomic E-state index is 5.29. The molecule has 1 N–H and O–H groups in total. The van der Waals surface area contributed by atoms with Crippen molar-refractivity contribution in [3.63, 3.8) is 0 Å². The molecule has 0 atom stereocenters. The predicted octanol–water partition coefficient (Wildman–Crippen LogP) is 4.65. The highest BCUT2D eigenvalue weighted by Crippen LogP contribution is 2.33. The smallest absolute Gasteiger partial charge is 0.144 e. The van der Waals surface area contributed by atoms with Crippen molar-refractivity contribution in [2.45, 2.75) is 64.4 Å². The number of ether oxygens (including phenoxy) is 1. The lowest BCUT2D eigenvalue weighted by atomic mass is 9.99. The van der Waals surface area contributed by atoms with Gasteiger partial charge in [-0.3, -0.25) is 0 Å². The number of nitrogens with one attached hydrogen (secondary N) is 1. The molecule has 5 heteroatoms. The zero-order valence-electron chi connectivity index (χ0n) is 13.1. The molecule has 0 aromatic carbocycles. The number of nitrogens with zero attached hydrogens (tertiary/aromatic N) is 2. The fourth-order valence-corrected chi connectivity index (χ4v) is 3.26. The number of methoxy groups -OCH3 is 1. The molecule has 1 aromatic heterocycles. The van der Waals surface area contributed by atoms with Gasteiger partial charge in [0.25, 0.3) is 0 Å². The molecule has 0 saturated heterocycles. The third-order valence-corrected chi connectivity index (χ3v) is 4.81. The Kier molecular flexibility index (Phi) is 6.90. The van der Waals surface area contributed by atoms with E-state index >= 15 is 0 Å². The van der Waals surface area contributed by atoms with E-state index in [1.165, 1.54) is 38.5 Å². The lowest BCUT2D eigenvalue weighted by Gasteiger charge is -2.17. The Balaban J connectivity index is 2.27. The maximum absolute atomic E-state index is 5.29. The van der Waals surface area contributed by atoms with Crippen molar-refractivity contribution in [1.82, 2.24) is 9.97 Å². The van der Waals surface area contributed by atoms with Gasteiger partial charge < -0.3 is 10.1 Å². The number of halogens is 1. The Bertz CT molecular complexity index is 445. The molecule has 0 spiro atoms. The van der Waals surface area contributed by atoms with Crippen molar-refractivity contribution in [3.05, 3.63) is 16.0 Å². The predicted molar refractivity (Wildman–Crippen MR) is 89.7 cm³/mol. The average molecular weight is 356 g/mol. The molecule has 21 heavy (non-hydrogen) atoms. The first-order valence-electron chi connectivity index (χ1n) is 8.05. The summed E-state index contributed by atoms with van der Waals surface area (Å²) in [7, 11) is 1.71. The quantitative estimate of drug-likeness (QED) is 0.754. The van der Waals surface area contributed by atoms with E-state index in [1.807, 2.05) is 0 Å². The van der Waals surface area contributed by atoms with Crippen LogP contribution in [-0.2, 0) is 11.3 Å². The number of anilines is 1. The van der Waals surface area contributed by atoms with E-state index in [-0.39, 0.29) is 0 Å². The van der Waals surface area contributed by atoms with E-state index in [1.54, 1.807) is 7.11 Å². The molecule has 1 heterocycles. The number of rotatable bonds is 6. The van der Waals surface area contributed by atoms with Crippen LogP contribution in [0.1, 0.15) is 69.3 Å². The second-order valence-corrected chi connectivity index (χ2v) is 6.53. The molecule has 1 fully saturated rings. The highest BCUT2D eigenvalue weighted by molar-refractivity contribution is 9.10. The minimum atomic E-state index is 0.499.